The van der Waals surface area contributed by atoms with Crippen molar-refractivity contribution in [2.24, 2.45) is 5.73 Å². The summed E-state index contributed by atoms with van der Waals surface area (Å²) in [6.07, 6.45) is 2.48. The molecule has 2 aromatic rings. The Hall–Kier alpha value is -1.70. The van der Waals surface area contributed by atoms with Crippen molar-refractivity contribution in [3.63, 3.8) is 0 Å². The summed E-state index contributed by atoms with van der Waals surface area (Å²) in [7, 11) is 0. The molecule has 5 nitrogen and oxygen atoms in total. The van der Waals surface area contributed by atoms with E-state index in [0.717, 1.165) is 54.9 Å². The number of nitrogens with zero attached hydrogens (tertiary/aromatic N) is 2. The minimum Gasteiger partial charge on any atom is -0.366 e. The van der Waals surface area contributed by atoms with E-state index in [1.54, 1.807) is 23.5 Å². The number of rotatable bonds is 7. The van der Waals surface area contributed by atoms with Crippen molar-refractivity contribution in [2.75, 3.05) is 26.2 Å². The molecule has 2 amide bonds. The van der Waals surface area contributed by atoms with Crippen LogP contribution in [-0.4, -0.2) is 47.8 Å². The minimum atomic E-state index is -0.402. The first-order chi connectivity index (χ1) is 13.0. The molecule has 2 heterocycles. The summed E-state index contributed by atoms with van der Waals surface area (Å²) < 4.78 is 1.14. The highest BCUT2D eigenvalue weighted by Gasteiger charge is 2.20. The van der Waals surface area contributed by atoms with Gasteiger partial charge in [-0.05, 0) is 58.6 Å². The predicted octanol–water partition coefficient (Wildman–Crippen LogP) is 3.28. The smallest absolute Gasteiger partial charge is 0.248 e. The van der Waals surface area contributed by atoms with E-state index in [0.29, 0.717) is 12.0 Å². The molecule has 3 rings (SSSR count). The van der Waals surface area contributed by atoms with Gasteiger partial charge in [-0.2, -0.15) is 0 Å². The summed E-state index contributed by atoms with van der Waals surface area (Å²) in [5.74, 6) is -0.142. The highest BCUT2D eigenvalue weighted by molar-refractivity contribution is 9.11. The number of hydrogen-bond donors (Lipinski definition) is 1. The second-order valence-electron chi connectivity index (χ2n) is 6.78. The van der Waals surface area contributed by atoms with Crippen molar-refractivity contribution in [2.45, 2.75) is 25.8 Å². The van der Waals surface area contributed by atoms with E-state index < -0.39 is 5.91 Å². The van der Waals surface area contributed by atoms with Gasteiger partial charge in [0.25, 0.3) is 0 Å². The fourth-order valence-electron chi connectivity index (χ4n) is 3.25. The van der Waals surface area contributed by atoms with Crippen molar-refractivity contribution in [3.05, 3.63) is 56.2 Å². The fourth-order valence-corrected chi connectivity index (χ4v) is 4.77. The molecule has 7 heteroatoms. The van der Waals surface area contributed by atoms with Crippen LogP contribution in [0.4, 0.5) is 0 Å². The number of amides is 2. The SMILES string of the molecule is NC(=O)c1ccc(CN2CCN(C(=O)CCCc3ccc(Br)s3)CC2)cc1. The predicted molar refractivity (Wildman–Crippen MR) is 112 cm³/mol. The zero-order valence-corrected chi connectivity index (χ0v) is 17.6. The molecule has 1 saturated heterocycles. The summed E-state index contributed by atoms with van der Waals surface area (Å²) >= 11 is 5.21. The average Bonchev–Trinajstić information content (AvgIpc) is 3.08. The number of hydrogen-bond acceptors (Lipinski definition) is 4. The highest BCUT2D eigenvalue weighted by Crippen LogP contribution is 2.23. The molecule has 0 unspecified atom stereocenters. The lowest BCUT2D eigenvalue weighted by Crippen LogP contribution is -2.48. The Labute approximate surface area is 172 Å². The molecule has 1 aliphatic rings. The lowest BCUT2D eigenvalue weighted by Gasteiger charge is -2.34. The quantitative estimate of drug-likeness (QED) is 0.704. The molecule has 27 heavy (non-hydrogen) atoms. The number of primary amides is 1. The Kier molecular flexibility index (Phi) is 7.04. The monoisotopic (exact) mass is 449 g/mol. The van der Waals surface area contributed by atoms with Crippen molar-refractivity contribution in [3.8, 4) is 0 Å². The maximum atomic E-state index is 12.4. The summed E-state index contributed by atoms with van der Waals surface area (Å²) in [4.78, 5) is 29.2. The second kappa shape index (κ2) is 9.48. The summed E-state index contributed by atoms with van der Waals surface area (Å²) in [5, 5.41) is 0. The van der Waals surface area contributed by atoms with Gasteiger partial charge in [0.05, 0.1) is 3.79 Å². The Morgan fingerprint density at radius 1 is 1.04 bits per heavy atom. The van der Waals surface area contributed by atoms with Crippen LogP contribution in [0.3, 0.4) is 0 Å². The standard InChI is InChI=1S/C20H24BrN3O2S/c21-18-9-8-17(27-18)2-1-3-19(25)24-12-10-23(11-13-24)14-15-4-6-16(7-5-15)20(22)26/h4-9H,1-3,10-14H2,(H2,22,26). The molecule has 1 aliphatic heterocycles. The summed E-state index contributed by atoms with van der Waals surface area (Å²) in [6.45, 7) is 4.14. The van der Waals surface area contributed by atoms with Crippen LogP contribution < -0.4 is 5.73 Å². The molecule has 2 N–H and O–H groups in total. The molecule has 0 bridgehead atoms. The van der Waals surface area contributed by atoms with Gasteiger partial charge in [-0.25, -0.2) is 0 Å². The molecular formula is C20H24BrN3O2S. The normalized spacial score (nSPS) is 15.1. The van der Waals surface area contributed by atoms with E-state index in [2.05, 4.69) is 33.0 Å². The van der Waals surface area contributed by atoms with Crippen molar-refractivity contribution in [1.82, 2.24) is 9.80 Å². The highest BCUT2D eigenvalue weighted by atomic mass is 79.9. The van der Waals surface area contributed by atoms with Crippen LogP contribution in [0.1, 0.15) is 33.6 Å². The molecule has 0 aliphatic carbocycles. The zero-order valence-electron chi connectivity index (χ0n) is 15.2. The number of carbonyl (C=O) groups is 2. The molecule has 0 spiro atoms. The minimum absolute atomic E-state index is 0.260. The number of carbonyl (C=O) groups excluding carboxylic acids is 2. The maximum Gasteiger partial charge on any atom is 0.248 e. The number of halogens is 1. The number of nitrogens with two attached hydrogens (primary N) is 1. The Bertz CT molecular complexity index is 783. The van der Waals surface area contributed by atoms with Gasteiger partial charge in [0.1, 0.15) is 0 Å². The van der Waals surface area contributed by atoms with Gasteiger partial charge in [-0.15, -0.1) is 11.3 Å². The van der Waals surface area contributed by atoms with Gasteiger partial charge in [0.2, 0.25) is 11.8 Å². The van der Waals surface area contributed by atoms with Crippen LogP contribution in [0.5, 0.6) is 0 Å². The molecular weight excluding hydrogens is 426 g/mol. The van der Waals surface area contributed by atoms with Crippen LogP contribution in [-0.2, 0) is 17.8 Å². The topological polar surface area (TPSA) is 66.6 Å². The molecule has 1 aromatic carbocycles. The molecule has 0 atom stereocenters. The summed E-state index contributed by atoms with van der Waals surface area (Å²) in [5.41, 5.74) is 6.96. The molecule has 0 saturated carbocycles. The third kappa shape index (κ3) is 5.89. The van der Waals surface area contributed by atoms with Gasteiger partial charge in [-0.3, -0.25) is 14.5 Å². The number of aryl methyl sites for hydroxylation is 1. The lowest BCUT2D eigenvalue weighted by atomic mass is 10.1. The maximum absolute atomic E-state index is 12.4. The van der Waals surface area contributed by atoms with Crippen LogP contribution in [0.15, 0.2) is 40.2 Å². The zero-order chi connectivity index (χ0) is 19.2. The van der Waals surface area contributed by atoms with Gasteiger partial charge < -0.3 is 10.6 Å². The van der Waals surface area contributed by atoms with E-state index in [-0.39, 0.29) is 5.91 Å². The summed E-state index contributed by atoms with van der Waals surface area (Å²) in [6, 6.07) is 11.6. The van der Waals surface area contributed by atoms with Crippen LogP contribution in [0.2, 0.25) is 0 Å². The van der Waals surface area contributed by atoms with Gasteiger partial charge in [0, 0.05) is 49.6 Å². The Balaban J connectivity index is 1.38. The van der Waals surface area contributed by atoms with Crippen LogP contribution in [0.25, 0.3) is 0 Å². The first kappa shape index (κ1) is 20.0. The lowest BCUT2D eigenvalue weighted by molar-refractivity contribution is -0.133. The van der Waals surface area contributed by atoms with E-state index in [1.165, 1.54) is 4.88 Å². The first-order valence-corrected chi connectivity index (χ1v) is 10.8. The fraction of sp³-hybridized carbons (Fsp3) is 0.400. The van der Waals surface area contributed by atoms with Gasteiger partial charge in [0.15, 0.2) is 0 Å². The van der Waals surface area contributed by atoms with E-state index in [9.17, 15) is 9.59 Å². The van der Waals surface area contributed by atoms with E-state index in [4.69, 9.17) is 5.73 Å². The molecule has 0 radical (unpaired) electrons. The Morgan fingerprint density at radius 2 is 1.74 bits per heavy atom. The van der Waals surface area contributed by atoms with E-state index >= 15 is 0 Å². The third-order valence-corrected chi connectivity index (χ3v) is 6.50. The third-order valence-electron chi connectivity index (χ3n) is 4.81. The molecule has 1 aromatic heterocycles. The number of piperazine rings is 1. The van der Waals surface area contributed by atoms with Crippen LogP contribution in [0, 0.1) is 0 Å². The first-order valence-electron chi connectivity index (χ1n) is 9.14. The molecule has 144 valence electrons. The number of benzene rings is 1. The van der Waals surface area contributed by atoms with Gasteiger partial charge >= 0.3 is 0 Å². The number of thiophene rings is 1. The Morgan fingerprint density at radius 3 is 2.33 bits per heavy atom. The molecule has 1 fully saturated rings. The average molecular weight is 450 g/mol. The largest absolute Gasteiger partial charge is 0.366 e. The van der Waals surface area contributed by atoms with Crippen molar-refractivity contribution >= 4 is 39.1 Å². The van der Waals surface area contributed by atoms with Crippen LogP contribution >= 0.6 is 27.3 Å². The van der Waals surface area contributed by atoms with Crippen molar-refractivity contribution < 1.29 is 9.59 Å². The van der Waals surface area contributed by atoms with Gasteiger partial charge in [-0.1, -0.05) is 12.1 Å². The van der Waals surface area contributed by atoms with E-state index in [1.807, 2.05) is 17.0 Å². The van der Waals surface area contributed by atoms with Crippen molar-refractivity contribution in [1.29, 1.82) is 0 Å². The second-order valence-corrected chi connectivity index (χ2v) is 9.33.